The third-order valence-electron chi connectivity index (χ3n) is 4.37. The minimum atomic E-state index is -0.118. The maximum Gasteiger partial charge on any atom is 0.244 e. The second-order valence-electron chi connectivity index (χ2n) is 7.18. The first-order valence-corrected chi connectivity index (χ1v) is 9.69. The van der Waals surface area contributed by atoms with E-state index >= 15 is 0 Å². The van der Waals surface area contributed by atoms with E-state index in [9.17, 15) is 4.79 Å². The van der Waals surface area contributed by atoms with Gasteiger partial charge in [0, 0.05) is 35.0 Å². The van der Waals surface area contributed by atoms with Crippen molar-refractivity contribution in [1.29, 1.82) is 0 Å². The van der Waals surface area contributed by atoms with Crippen LogP contribution in [0.2, 0.25) is 0 Å². The Balaban J connectivity index is 1.53. The van der Waals surface area contributed by atoms with Gasteiger partial charge in [0.05, 0.1) is 11.7 Å². The second kappa shape index (κ2) is 8.57. The van der Waals surface area contributed by atoms with Gasteiger partial charge in [0.15, 0.2) is 5.82 Å². The average molecular weight is 398 g/mol. The van der Waals surface area contributed by atoms with Crippen molar-refractivity contribution in [2.75, 3.05) is 5.32 Å². The number of carbonyl (C=O) groups is 1. The molecule has 7 heteroatoms. The van der Waals surface area contributed by atoms with Gasteiger partial charge in [-0.2, -0.15) is 5.10 Å². The van der Waals surface area contributed by atoms with Crippen LogP contribution in [0.25, 0.3) is 28.4 Å². The molecule has 4 rings (SSSR count). The molecule has 0 aliphatic rings. The Morgan fingerprint density at radius 3 is 2.90 bits per heavy atom. The molecule has 0 spiro atoms. The lowest BCUT2D eigenvalue weighted by Crippen LogP contribution is -2.28. The Hall–Kier alpha value is -4.00. The molecule has 0 bridgehead atoms. The molecular weight excluding hydrogens is 376 g/mol. The van der Waals surface area contributed by atoms with Crippen molar-refractivity contribution >= 4 is 34.4 Å². The molecule has 0 saturated heterocycles. The SMILES string of the molecule is CC(C)NC(=O)/C=C/c1cccc(-c2nccc(Nc3ccc4[nH]ncc4c3)n2)c1. The van der Waals surface area contributed by atoms with Gasteiger partial charge in [-0.25, -0.2) is 9.97 Å². The Labute approximate surface area is 174 Å². The van der Waals surface area contributed by atoms with Crippen molar-refractivity contribution in [1.82, 2.24) is 25.5 Å². The third-order valence-corrected chi connectivity index (χ3v) is 4.37. The Morgan fingerprint density at radius 2 is 2.03 bits per heavy atom. The van der Waals surface area contributed by atoms with E-state index in [1.165, 1.54) is 6.08 Å². The van der Waals surface area contributed by atoms with Gasteiger partial charge in [-0.3, -0.25) is 9.89 Å². The molecule has 0 radical (unpaired) electrons. The van der Waals surface area contributed by atoms with Crippen molar-refractivity contribution in [3.63, 3.8) is 0 Å². The van der Waals surface area contributed by atoms with Crippen LogP contribution in [-0.2, 0) is 4.79 Å². The fourth-order valence-corrected chi connectivity index (χ4v) is 3.02. The monoisotopic (exact) mass is 398 g/mol. The first-order valence-electron chi connectivity index (χ1n) is 9.69. The number of rotatable bonds is 6. The molecule has 7 nitrogen and oxygen atoms in total. The van der Waals surface area contributed by atoms with E-state index in [1.54, 1.807) is 18.5 Å². The number of hydrogen-bond acceptors (Lipinski definition) is 5. The highest BCUT2D eigenvalue weighted by Crippen LogP contribution is 2.22. The number of nitrogens with zero attached hydrogens (tertiary/aromatic N) is 3. The number of benzene rings is 2. The molecule has 0 aliphatic carbocycles. The van der Waals surface area contributed by atoms with Crippen LogP contribution >= 0.6 is 0 Å². The van der Waals surface area contributed by atoms with E-state index < -0.39 is 0 Å². The van der Waals surface area contributed by atoms with Gasteiger partial charge in [0.1, 0.15) is 5.82 Å². The zero-order valence-corrected chi connectivity index (χ0v) is 16.8. The molecular formula is C23H22N6O. The number of hydrogen-bond donors (Lipinski definition) is 3. The molecule has 150 valence electrons. The number of carbonyl (C=O) groups excluding carboxylic acids is 1. The zero-order valence-electron chi connectivity index (χ0n) is 16.8. The average Bonchev–Trinajstić information content (AvgIpc) is 3.20. The van der Waals surface area contributed by atoms with Crippen molar-refractivity contribution < 1.29 is 4.79 Å². The quantitative estimate of drug-likeness (QED) is 0.421. The molecule has 0 unspecified atom stereocenters. The van der Waals surface area contributed by atoms with E-state index in [1.807, 2.05) is 62.4 Å². The summed E-state index contributed by atoms with van der Waals surface area (Å²) in [5.74, 6) is 1.18. The van der Waals surface area contributed by atoms with Gasteiger partial charge in [-0.15, -0.1) is 0 Å². The third kappa shape index (κ3) is 4.70. The zero-order chi connectivity index (χ0) is 20.9. The Morgan fingerprint density at radius 1 is 1.13 bits per heavy atom. The van der Waals surface area contributed by atoms with Crippen LogP contribution in [0.1, 0.15) is 19.4 Å². The predicted octanol–water partition coefficient (Wildman–Crippen LogP) is 4.30. The minimum absolute atomic E-state index is 0.103. The van der Waals surface area contributed by atoms with Crippen LogP contribution in [-0.4, -0.2) is 32.1 Å². The van der Waals surface area contributed by atoms with Crippen LogP contribution in [0, 0.1) is 0 Å². The summed E-state index contributed by atoms with van der Waals surface area (Å²) in [5, 5.41) is 14.1. The lowest BCUT2D eigenvalue weighted by atomic mass is 10.1. The molecule has 0 saturated carbocycles. The first kappa shape index (κ1) is 19.3. The summed E-state index contributed by atoms with van der Waals surface area (Å²) < 4.78 is 0. The van der Waals surface area contributed by atoms with Crippen molar-refractivity contribution in [2.24, 2.45) is 0 Å². The van der Waals surface area contributed by atoms with Gasteiger partial charge in [0.2, 0.25) is 5.91 Å². The molecule has 2 aromatic carbocycles. The smallest absolute Gasteiger partial charge is 0.244 e. The summed E-state index contributed by atoms with van der Waals surface area (Å²) in [6, 6.07) is 15.6. The van der Waals surface area contributed by atoms with E-state index in [-0.39, 0.29) is 11.9 Å². The van der Waals surface area contributed by atoms with Gasteiger partial charge in [0.25, 0.3) is 0 Å². The largest absolute Gasteiger partial charge is 0.350 e. The second-order valence-corrected chi connectivity index (χ2v) is 7.18. The standard InChI is InChI=1S/C23H22N6O/c1-15(2)26-22(30)9-6-16-4-3-5-17(12-16)23-24-11-10-21(28-23)27-19-7-8-20-18(13-19)14-25-29-20/h3-15H,1-2H3,(H,25,29)(H,26,30)(H,24,27,28)/b9-6+. The topological polar surface area (TPSA) is 95.6 Å². The van der Waals surface area contributed by atoms with Crippen molar-refractivity contribution in [3.8, 4) is 11.4 Å². The number of nitrogens with one attached hydrogen (secondary N) is 3. The summed E-state index contributed by atoms with van der Waals surface area (Å²) in [6.07, 6.45) is 6.82. The van der Waals surface area contributed by atoms with E-state index in [4.69, 9.17) is 0 Å². The molecule has 2 aromatic heterocycles. The molecule has 3 N–H and O–H groups in total. The maximum atomic E-state index is 11.8. The number of amides is 1. The van der Waals surface area contributed by atoms with Crippen LogP contribution in [0.4, 0.5) is 11.5 Å². The van der Waals surface area contributed by atoms with Gasteiger partial charge in [-0.05, 0) is 55.8 Å². The Bertz CT molecular complexity index is 1210. The number of aromatic nitrogens is 4. The van der Waals surface area contributed by atoms with Gasteiger partial charge < -0.3 is 10.6 Å². The van der Waals surface area contributed by atoms with Crippen molar-refractivity contribution in [2.45, 2.75) is 19.9 Å². The molecule has 1 amide bonds. The normalized spacial score (nSPS) is 11.3. The molecule has 0 fully saturated rings. The number of anilines is 2. The van der Waals surface area contributed by atoms with E-state index in [2.05, 4.69) is 30.8 Å². The highest BCUT2D eigenvalue weighted by Gasteiger charge is 2.05. The van der Waals surface area contributed by atoms with Crippen LogP contribution in [0.5, 0.6) is 0 Å². The summed E-state index contributed by atoms with van der Waals surface area (Å²) >= 11 is 0. The molecule has 4 aromatic rings. The fraction of sp³-hybridized carbons (Fsp3) is 0.130. The van der Waals surface area contributed by atoms with Crippen LogP contribution in [0.3, 0.4) is 0 Å². The van der Waals surface area contributed by atoms with E-state index in [0.717, 1.165) is 27.7 Å². The molecule has 30 heavy (non-hydrogen) atoms. The number of H-pyrrole nitrogens is 1. The first-order chi connectivity index (χ1) is 14.6. The summed E-state index contributed by atoms with van der Waals surface area (Å²) in [5.41, 5.74) is 3.67. The highest BCUT2D eigenvalue weighted by atomic mass is 16.1. The molecule has 2 heterocycles. The summed E-state index contributed by atoms with van der Waals surface area (Å²) in [4.78, 5) is 20.9. The van der Waals surface area contributed by atoms with Crippen LogP contribution in [0.15, 0.2) is 67.0 Å². The molecule has 0 aliphatic heterocycles. The number of aromatic amines is 1. The highest BCUT2D eigenvalue weighted by molar-refractivity contribution is 5.92. The summed E-state index contributed by atoms with van der Waals surface area (Å²) in [7, 11) is 0. The molecule has 0 atom stereocenters. The maximum absolute atomic E-state index is 11.8. The van der Waals surface area contributed by atoms with Gasteiger partial charge >= 0.3 is 0 Å². The lowest BCUT2D eigenvalue weighted by molar-refractivity contribution is -0.116. The minimum Gasteiger partial charge on any atom is -0.350 e. The summed E-state index contributed by atoms with van der Waals surface area (Å²) in [6.45, 7) is 3.86. The number of fused-ring (bicyclic) bond motifs is 1. The lowest BCUT2D eigenvalue weighted by Gasteiger charge is -2.08. The van der Waals surface area contributed by atoms with Crippen molar-refractivity contribution in [3.05, 3.63) is 72.6 Å². The Kier molecular flexibility index (Phi) is 5.52. The van der Waals surface area contributed by atoms with E-state index in [0.29, 0.717) is 11.6 Å². The van der Waals surface area contributed by atoms with Crippen LogP contribution < -0.4 is 10.6 Å². The predicted molar refractivity (Wildman–Crippen MR) is 119 cm³/mol. The fourth-order valence-electron chi connectivity index (χ4n) is 3.02. The van der Waals surface area contributed by atoms with Gasteiger partial charge in [-0.1, -0.05) is 18.2 Å².